The lowest BCUT2D eigenvalue weighted by Gasteiger charge is -2.38. The van der Waals surface area contributed by atoms with Crippen LogP contribution in [0.4, 0.5) is 16.3 Å². The Morgan fingerprint density at radius 1 is 1.04 bits per heavy atom. The van der Waals surface area contributed by atoms with Gasteiger partial charge in [-0.25, -0.2) is 4.79 Å². The lowest BCUT2D eigenvalue weighted by atomic mass is 9.99. The molecule has 3 aliphatic heterocycles. The van der Waals surface area contributed by atoms with Crippen molar-refractivity contribution in [3.8, 4) is 6.01 Å². The minimum absolute atomic E-state index is 0.0705. The predicted octanol–water partition coefficient (Wildman–Crippen LogP) is 4.23. The molecule has 3 aliphatic rings. The molecule has 5 heterocycles. The molecule has 2 N–H and O–H groups in total. The summed E-state index contributed by atoms with van der Waals surface area (Å²) in [5.74, 6) is 0.868. The van der Waals surface area contributed by atoms with E-state index < -0.39 is 14.2 Å². The Morgan fingerprint density at radius 2 is 1.83 bits per heavy atom. The summed E-state index contributed by atoms with van der Waals surface area (Å²) in [6, 6.07) is 5.76. The van der Waals surface area contributed by atoms with Crippen LogP contribution in [0.25, 0.3) is 10.9 Å². The second kappa shape index (κ2) is 14.8. The number of amides is 1. The molecule has 0 saturated carbocycles. The number of benzene rings is 1. The molecule has 0 aliphatic carbocycles. The number of hydrogen-bond donors (Lipinski definition) is 2. The second-order valence-electron chi connectivity index (χ2n) is 14.0. The van der Waals surface area contributed by atoms with Crippen LogP contribution in [0.5, 0.6) is 6.01 Å². The predicted molar refractivity (Wildman–Crippen MR) is 185 cm³/mol. The number of carboxylic acid groups (broad SMARTS) is 1. The minimum Gasteiger partial charge on any atom is -0.465 e. The average molecular weight is 667 g/mol. The summed E-state index contributed by atoms with van der Waals surface area (Å²) in [5, 5.41) is 18.1. The van der Waals surface area contributed by atoms with Crippen LogP contribution in [-0.2, 0) is 22.4 Å². The van der Waals surface area contributed by atoms with Crippen molar-refractivity contribution in [1.29, 1.82) is 0 Å². The first-order valence-corrected chi connectivity index (χ1v) is 20.7. The molecule has 1 atom stereocenters. The summed E-state index contributed by atoms with van der Waals surface area (Å²) in [5.41, 5.74) is 5.34. The van der Waals surface area contributed by atoms with Gasteiger partial charge in [0.25, 0.3) is 0 Å². The second-order valence-corrected chi connectivity index (χ2v) is 19.6. The van der Waals surface area contributed by atoms with Crippen LogP contribution in [0, 0.1) is 0 Å². The molecule has 2 saturated heterocycles. The highest BCUT2D eigenvalue weighted by molar-refractivity contribution is 6.76. The van der Waals surface area contributed by atoms with Crippen molar-refractivity contribution in [2.45, 2.75) is 58.1 Å². The molecule has 0 unspecified atom stereocenters. The summed E-state index contributed by atoms with van der Waals surface area (Å²) in [6.07, 6.45) is 2.60. The topological polar surface area (TPSA) is 132 Å². The number of morpholine rings is 1. The summed E-state index contributed by atoms with van der Waals surface area (Å²) in [6.45, 7) is 18.4. The summed E-state index contributed by atoms with van der Waals surface area (Å²) < 4.78 is 18.1. The van der Waals surface area contributed by atoms with Gasteiger partial charge in [-0.15, -0.1) is 0 Å². The number of nitrogens with zero attached hydrogens (tertiary/aromatic N) is 7. The highest BCUT2D eigenvalue weighted by Gasteiger charge is 2.31. The normalized spacial score (nSPS) is 18.4. The van der Waals surface area contributed by atoms with Gasteiger partial charge in [-0.05, 0) is 31.9 Å². The monoisotopic (exact) mass is 666 g/mol. The van der Waals surface area contributed by atoms with Crippen molar-refractivity contribution in [1.82, 2.24) is 30.0 Å². The highest BCUT2D eigenvalue weighted by atomic mass is 28.3. The Labute approximate surface area is 278 Å². The molecule has 1 amide bonds. The fourth-order valence-corrected chi connectivity index (χ4v) is 7.35. The van der Waals surface area contributed by atoms with E-state index in [1.165, 1.54) is 4.90 Å². The molecule has 3 aromatic rings. The van der Waals surface area contributed by atoms with Crippen LogP contribution in [0.2, 0.25) is 25.7 Å². The van der Waals surface area contributed by atoms with E-state index in [1.807, 2.05) is 6.20 Å². The molecule has 1 aromatic carbocycles. The first-order valence-electron chi connectivity index (χ1n) is 17.0. The van der Waals surface area contributed by atoms with Gasteiger partial charge in [0.2, 0.25) is 0 Å². The Balaban J connectivity index is 1.25. The molecule has 47 heavy (non-hydrogen) atoms. The van der Waals surface area contributed by atoms with Gasteiger partial charge in [0.15, 0.2) is 0 Å². The molecule has 2 aromatic heterocycles. The third kappa shape index (κ3) is 8.16. The van der Waals surface area contributed by atoms with Crippen molar-refractivity contribution in [3.63, 3.8) is 0 Å². The lowest BCUT2D eigenvalue weighted by molar-refractivity contribution is 0.0356. The molecule has 256 valence electrons. The van der Waals surface area contributed by atoms with Crippen LogP contribution >= 0.6 is 0 Å². The molecule has 13 nitrogen and oxygen atoms in total. The van der Waals surface area contributed by atoms with Crippen molar-refractivity contribution < 1.29 is 24.1 Å². The smallest absolute Gasteiger partial charge is 0.407 e. The Hall–Kier alpha value is -3.46. The molecule has 14 heteroatoms. The number of anilines is 2. The molecule has 0 bridgehead atoms. The molecule has 0 radical (unpaired) electrons. The minimum atomic E-state index is -1.22. The number of hydrogen-bond acceptors (Lipinski definition) is 10. The van der Waals surface area contributed by atoms with Gasteiger partial charge in [0.05, 0.1) is 55.6 Å². The first kappa shape index (κ1) is 33.4. The summed E-state index contributed by atoms with van der Waals surface area (Å²) in [4.78, 5) is 30.0. The SMILES string of the molecule is C[C@H](OCC[Si](C)(C)C)c1ccc2[nH]ncc2c1N1CCc2c(nc(OCCCN3CCOCC3)nc2N2CCN(C(=O)O)CC2)C1. The summed E-state index contributed by atoms with van der Waals surface area (Å²) >= 11 is 0. The van der Waals surface area contributed by atoms with Crippen molar-refractivity contribution in [2.24, 2.45) is 0 Å². The molecular weight excluding hydrogens is 617 g/mol. The molecule has 0 spiro atoms. The van der Waals surface area contributed by atoms with E-state index in [0.717, 1.165) is 104 Å². The number of aromatic nitrogens is 4. The fourth-order valence-electron chi connectivity index (χ4n) is 6.62. The summed E-state index contributed by atoms with van der Waals surface area (Å²) in [7, 11) is -1.22. The zero-order chi connectivity index (χ0) is 33.0. The van der Waals surface area contributed by atoms with Crippen LogP contribution < -0.4 is 14.5 Å². The van der Waals surface area contributed by atoms with E-state index in [1.54, 1.807) is 0 Å². The van der Waals surface area contributed by atoms with Gasteiger partial charge in [-0.2, -0.15) is 15.1 Å². The van der Waals surface area contributed by atoms with Gasteiger partial charge >= 0.3 is 12.1 Å². The Bertz CT molecular complexity index is 1520. The van der Waals surface area contributed by atoms with E-state index in [-0.39, 0.29) is 6.10 Å². The Morgan fingerprint density at radius 3 is 2.57 bits per heavy atom. The number of nitrogens with one attached hydrogen (secondary N) is 1. The standard InChI is InChI=1S/C33H50N8O5Si/c1-24(45-20-21-47(2,3)4)25-6-7-28-27(22-34-37-28)30(25)41-10-8-26-29(23-41)35-32(46-17-5-9-38-15-18-44-19-16-38)36-31(26)39-11-13-40(14-12-39)33(42)43/h6-7,22,24H,5,8-21,23H2,1-4H3,(H,34,37)(H,42,43)/t24-/m0/s1. The van der Waals surface area contributed by atoms with Crippen LogP contribution in [0.3, 0.4) is 0 Å². The average Bonchev–Trinajstić information content (AvgIpc) is 3.55. The van der Waals surface area contributed by atoms with Crippen molar-refractivity contribution >= 4 is 36.6 Å². The van der Waals surface area contributed by atoms with Crippen LogP contribution in [0.15, 0.2) is 18.3 Å². The van der Waals surface area contributed by atoms with Gasteiger partial charge in [-0.3, -0.25) is 10.00 Å². The number of piperazine rings is 1. The third-order valence-electron chi connectivity index (χ3n) is 9.43. The Kier molecular flexibility index (Phi) is 10.5. The van der Waals surface area contributed by atoms with Crippen molar-refractivity contribution in [2.75, 3.05) is 88.6 Å². The van der Waals surface area contributed by atoms with Crippen LogP contribution in [0.1, 0.15) is 36.3 Å². The number of ether oxygens (including phenoxy) is 3. The van der Waals surface area contributed by atoms with E-state index >= 15 is 0 Å². The van der Waals surface area contributed by atoms with Gasteiger partial charge in [0, 0.05) is 83.6 Å². The third-order valence-corrected chi connectivity index (χ3v) is 11.1. The maximum Gasteiger partial charge on any atom is 0.407 e. The first-order chi connectivity index (χ1) is 22.7. The number of rotatable bonds is 12. The lowest BCUT2D eigenvalue weighted by Crippen LogP contribution is -2.49. The van der Waals surface area contributed by atoms with E-state index in [2.05, 4.69) is 63.6 Å². The van der Waals surface area contributed by atoms with Gasteiger partial charge in [0.1, 0.15) is 5.82 Å². The van der Waals surface area contributed by atoms with Gasteiger partial charge in [-0.1, -0.05) is 25.7 Å². The fraction of sp³-hybridized carbons (Fsp3) is 0.636. The van der Waals surface area contributed by atoms with Crippen molar-refractivity contribution in [3.05, 3.63) is 35.2 Å². The number of H-pyrrole nitrogens is 1. The largest absolute Gasteiger partial charge is 0.465 e. The number of carbonyl (C=O) groups is 1. The number of aromatic amines is 1. The quantitative estimate of drug-likeness (QED) is 0.213. The van der Waals surface area contributed by atoms with Gasteiger partial charge < -0.3 is 34.0 Å². The zero-order valence-corrected chi connectivity index (χ0v) is 29.3. The molecule has 6 rings (SSSR count). The van der Waals surface area contributed by atoms with E-state index in [9.17, 15) is 9.90 Å². The number of fused-ring (bicyclic) bond motifs is 2. The van der Waals surface area contributed by atoms with E-state index in [4.69, 9.17) is 24.2 Å². The molecule has 2 fully saturated rings. The zero-order valence-electron chi connectivity index (χ0n) is 28.3. The van der Waals surface area contributed by atoms with Crippen LogP contribution in [-0.4, -0.2) is 128 Å². The highest BCUT2D eigenvalue weighted by Crippen LogP contribution is 2.39. The maximum atomic E-state index is 11.6. The molecular formula is C33H50N8O5Si. The van der Waals surface area contributed by atoms with E-state index in [0.29, 0.717) is 45.3 Å². The maximum absolute atomic E-state index is 11.6.